The van der Waals surface area contributed by atoms with Crippen LogP contribution in [0.15, 0.2) is 29.6 Å². The number of nitrogens with one attached hydrogen (secondary N) is 1. The van der Waals surface area contributed by atoms with Crippen LogP contribution in [0.25, 0.3) is 4.85 Å². The van der Waals surface area contributed by atoms with Crippen LogP contribution in [-0.4, -0.2) is 10.9 Å². The standard InChI is InChI=1S/C12H9N3OS/c1-8-7-17-12(14-8)15-11(16)9-3-5-10(13-2)6-4-9/h3-7H,1H3,(H,14,15,16). The number of hydrogen-bond donors (Lipinski definition) is 1. The minimum absolute atomic E-state index is 0.212. The van der Waals surface area contributed by atoms with E-state index >= 15 is 0 Å². The molecule has 0 radical (unpaired) electrons. The Balaban J connectivity index is 2.12. The summed E-state index contributed by atoms with van der Waals surface area (Å²) < 4.78 is 0. The van der Waals surface area contributed by atoms with Gasteiger partial charge in [0.25, 0.3) is 5.91 Å². The van der Waals surface area contributed by atoms with Crippen molar-refractivity contribution in [1.82, 2.24) is 4.98 Å². The summed E-state index contributed by atoms with van der Waals surface area (Å²) in [6.07, 6.45) is 0. The molecule has 1 N–H and O–H groups in total. The maximum atomic E-state index is 11.8. The smallest absolute Gasteiger partial charge is 0.257 e. The van der Waals surface area contributed by atoms with Crippen LogP contribution in [0.4, 0.5) is 10.8 Å². The number of hydrogen-bond acceptors (Lipinski definition) is 3. The lowest BCUT2D eigenvalue weighted by molar-refractivity contribution is 0.102. The predicted molar refractivity (Wildman–Crippen MR) is 67.5 cm³/mol. The average Bonchev–Trinajstić information content (AvgIpc) is 2.75. The van der Waals surface area contributed by atoms with E-state index in [0.717, 1.165) is 5.69 Å². The highest BCUT2D eigenvalue weighted by atomic mass is 32.1. The van der Waals surface area contributed by atoms with Crippen LogP contribution in [0.3, 0.4) is 0 Å². The fraction of sp³-hybridized carbons (Fsp3) is 0.0833. The van der Waals surface area contributed by atoms with Crippen LogP contribution in [0.2, 0.25) is 0 Å². The molecular weight excluding hydrogens is 234 g/mol. The first-order chi connectivity index (χ1) is 8.19. The molecule has 1 amide bonds. The molecule has 2 rings (SSSR count). The van der Waals surface area contributed by atoms with Crippen molar-refractivity contribution in [2.45, 2.75) is 6.92 Å². The van der Waals surface area contributed by atoms with E-state index in [1.807, 2.05) is 12.3 Å². The predicted octanol–water partition coefficient (Wildman–Crippen LogP) is 3.25. The van der Waals surface area contributed by atoms with Crippen molar-refractivity contribution < 1.29 is 4.79 Å². The third-order valence-corrected chi connectivity index (χ3v) is 2.97. The molecule has 4 nitrogen and oxygen atoms in total. The Hall–Kier alpha value is -2.19. The van der Waals surface area contributed by atoms with Crippen molar-refractivity contribution in [1.29, 1.82) is 0 Å². The zero-order valence-corrected chi connectivity index (χ0v) is 9.91. The third kappa shape index (κ3) is 2.68. The number of carbonyl (C=O) groups is 1. The molecule has 0 unspecified atom stereocenters. The summed E-state index contributed by atoms with van der Waals surface area (Å²) in [5.41, 5.74) is 1.92. The Morgan fingerprint density at radius 3 is 2.65 bits per heavy atom. The lowest BCUT2D eigenvalue weighted by Gasteiger charge is -2.01. The van der Waals surface area contributed by atoms with Gasteiger partial charge in [-0.05, 0) is 6.92 Å². The molecule has 5 heteroatoms. The van der Waals surface area contributed by atoms with E-state index in [2.05, 4.69) is 15.1 Å². The fourth-order valence-corrected chi connectivity index (χ4v) is 1.95. The molecule has 0 atom stereocenters. The summed E-state index contributed by atoms with van der Waals surface area (Å²) in [4.78, 5) is 19.2. The Kier molecular flexibility index (Phi) is 3.17. The first-order valence-corrected chi connectivity index (χ1v) is 5.78. The van der Waals surface area contributed by atoms with Gasteiger partial charge < -0.3 is 0 Å². The summed E-state index contributed by atoms with van der Waals surface area (Å²) in [5, 5.41) is 5.17. The van der Waals surface area contributed by atoms with E-state index in [0.29, 0.717) is 16.4 Å². The lowest BCUT2D eigenvalue weighted by atomic mass is 10.2. The zero-order chi connectivity index (χ0) is 12.3. The van der Waals surface area contributed by atoms with Crippen LogP contribution in [0.5, 0.6) is 0 Å². The second-order valence-electron chi connectivity index (χ2n) is 3.41. The summed E-state index contributed by atoms with van der Waals surface area (Å²) in [6, 6.07) is 6.50. The molecular formula is C12H9N3OS. The molecule has 1 heterocycles. The molecule has 0 fully saturated rings. The van der Waals surface area contributed by atoms with Crippen molar-refractivity contribution in [2.24, 2.45) is 0 Å². The van der Waals surface area contributed by atoms with Crippen LogP contribution in [0, 0.1) is 13.5 Å². The van der Waals surface area contributed by atoms with Crippen LogP contribution in [0.1, 0.15) is 16.1 Å². The van der Waals surface area contributed by atoms with Crippen LogP contribution >= 0.6 is 11.3 Å². The van der Waals surface area contributed by atoms with E-state index in [1.54, 1.807) is 24.3 Å². The number of rotatable bonds is 2. The van der Waals surface area contributed by atoms with Gasteiger partial charge in [0.05, 0.1) is 12.3 Å². The molecule has 0 aliphatic heterocycles. The molecule has 0 spiro atoms. The monoisotopic (exact) mass is 243 g/mol. The van der Waals surface area contributed by atoms with Gasteiger partial charge in [-0.1, -0.05) is 24.3 Å². The quantitative estimate of drug-likeness (QED) is 0.823. The highest BCUT2D eigenvalue weighted by molar-refractivity contribution is 7.13. The van der Waals surface area contributed by atoms with Crippen molar-refractivity contribution in [2.75, 3.05) is 5.32 Å². The van der Waals surface area contributed by atoms with Gasteiger partial charge in [0.1, 0.15) is 0 Å². The highest BCUT2D eigenvalue weighted by Crippen LogP contribution is 2.17. The van der Waals surface area contributed by atoms with Gasteiger partial charge in [-0.3, -0.25) is 10.1 Å². The number of nitrogens with zero attached hydrogens (tertiary/aromatic N) is 2. The average molecular weight is 243 g/mol. The number of thiazole rings is 1. The SMILES string of the molecule is [C-]#[N+]c1ccc(C(=O)Nc2nc(C)cs2)cc1. The van der Waals surface area contributed by atoms with E-state index in [9.17, 15) is 4.79 Å². The summed E-state index contributed by atoms with van der Waals surface area (Å²) in [6.45, 7) is 8.69. The van der Waals surface area contributed by atoms with E-state index in [1.165, 1.54) is 11.3 Å². The van der Waals surface area contributed by atoms with Gasteiger partial charge in [-0.2, -0.15) is 0 Å². The van der Waals surface area contributed by atoms with E-state index in [4.69, 9.17) is 6.57 Å². The van der Waals surface area contributed by atoms with E-state index < -0.39 is 0 Å². The van der Waals surface area contributed by atoms with Gasteiger partial charge in [0, 0.05) is 10.9 Å². The number of anilines is 1. The third-order valence-electron chi connectivity index (χ3n) is 2.10. The van der Waals surface area contributed by atoms with Gasteiger partial charge in [0.2, 0.25) is 0 Å². The molecule has 84 valence electrons. The molecule has 1 aromatic heterocycles. The number of benzene rings is 1. The Morgan fingerprint density at radius 1 is 1.41 bits per heavy atom. The molecule has 2 aromatic rings. The first kappa shape index (κ1) is 11.3. The second-order valence-corrected chi connectivity index (χ2v) is 4.26. The zero-order valence-electron chi connectivity index (χ0n) is 9.10. The maximum absolute atomic E-state index is 11.8. The van der Waals surface area contributed by atoms with Crippen molar-refractivity contribution in [3.63, 3.8) is 0 Å². The minimum Gasteiger partial charge on any atom is -0.298 e. The minimum atomic E-state index is -0.212. The Morgan fingerprint density at radius 2 is 2.12 bits per heavy atom. The largest absolute Gasteiger partial charge is 0.298 e. The highest BCUT2D eigenvalue weighted by Gasteiger charge is 2.07. The number of aromatic nitrogens is 1. The normalized spacial score (nSPS) is 9.65. The molecule has 0 aliphatic rings. The van der Waals surface area contributed by atoms with Gasteiger partial charge in [-0.15, -0.1) is 11.3 Å². The molecule has 17 heavy (non-hydrogen) atoms. The van der Waals surface area contributed by atoms with Crippen molar-refractivity contribution in [3.8, 4) is 0 Å². The van der Waals surface area contributed by atoms with Crippen LogP contribution in [-0.2, 0) is 0 Å². The number of amides is 1. The van der Waals surface area contributed by atoms with Crippen molar-refractivity contribution in [3.05, 3.63) is 52.3 Å². The molecule has 0 bridgehead atoms. The van der Waals surface area contributed by atoms with Gasteiger partial charge in [-0.25, -0.2) is 9.83 Å². The number of carbonyl (C=O) groups excluding carboxylic acids is 1. The Bertz CT molecular complexity index is 581. The topological polar surface area (TPSA) is 46.4 Å². The first-order valence-electron chi connectivity index (χ1n) is 4.90. The van der Waals surface area contributed by atoms with Crippen LogP contribution < -0.4 is 5.32 Å². The number of aryl methyl sites for hydroxylation is 1. The molecule has 0 aliphatic carbocycles. The molecule has 0 saturated carbocycles. The van der Waals surface area contributed by atoms with Crippen molar-refractivity contribution >= 4 is 28.1 Å². The fourth-order valence-electron chi connectivity index (χ4n) is 1.27. The lowest BCUT2D eigenvalue weighted by Crippen LogP contribution is -2.11. The summed E-state index contributed by atoms with van der Waals surface area (Å²) in [5.74, 6) is -0.212. The second kappa shape index (κ2) is 4.76. The molecule has 0 saturated heterocycles. The summed E-state index contributed by atoms with van der Waals surface area (Å²) >= 11 is 1.39. The summed E-state index contributed by atoms with van der Waals surface area (Å²) in [7, 11) is 0. The molecule has 1 aromatic carbocycles. The van der Waals surface area contributed by atoms with Gasteiger partial charge >= 0.3 is 0 Å². The maximum Gasteiger partial charge on any atom is 0.257 e. The Labute approximate surface area is 103 Å². The van der Waals surface area contributed by atoms with E-state index in [-0.39, 0.29) is 5.91 Å². The van der Waals surface area contributed by atoms with Gasteiger partial charge in [0.15, 0.2) is 10.8 Å².